The van der Waals surface area contributed by atoms with E-state index in [1.807, 2.05) is 18.2 Å². The molecule has 1 atom stereocenters. The number of hydrogen-bond acceptors (Lipinski definition) is 6. The van der Waals surface area contributed by atoms with E-state index in [-0.39, 0.29) is 18.9 Å². The van der Waals surface area contributed by atoms with Gasteiger partial charge in [-0.05, 0) is 55.7 Å². The molecule has 3 aliphatic rings. The number of nitrogens with zero attached hydrogens (tertiary/aromatic N) is 4. The van der Waals surface area contributed by atoms with Crippen LogP contribution in [0.25, 0.3) is 22.2 Å². The summed E-state index contributed by atoms with van der Waals surface area (Å²) in [5.74, 6) is -0.717. The van der Waals surface area contributed by atoms with E-state index in [0.717, 1.165) is 66.7 Å². The molecule has 2 N–H and O–H groups in total. The second-order valence-corrected chi connectivity index (χ2v) is 10.9. The molecule has 6 rings (SSSR count). The number of benzene rings is 1. The molecule has 3 fully saturated rings. The number of alkyl halides is 2. The van der Waals surface area contributed by atoms with E-state index in [1.165, 1.54) is 12.7 Å². The van der Waals surface area contributed by atoms with E-state index in [4.69, 9.17) is 15.2 Å². The molecule has 0 spiro atoms. The largest absolute Gasteiger partial charge is 0.491 e. The Bertz CT molecular complexity index is 1230. The predicted octanol–water partition coefficient (Wildman–Crippen LogP) is 5.31. The number of fused-ring (bicyclic) bond motifs is 1. The number of piperidine rings is 1. The first kappa shape index (κ1) is 24.6. The molecule has 2 aliphatic heterocycles. The summed E-state index contributed by atoms with van der Waals surface area (Å²) in [6.45, 7) is 3.22. The third-order valence-electron chi connectivity index (χ3n) is 8.20. The highest BCUT2D eigenvalue weighted by Crippen LogP contribution is 2.44. The first-order valence-corrected chi connectivity index (χ1v) is 13.5. The molecule has 0 radical (unpaired) electrons. The highest BCUT2D eigenvalue weighted by Gasteiger charge is 2.38. The lowest BCUT2D eigenvalue weighted by molar-refractivity contribution is -0.0603. The van der Waals surface area contributed by atoms with Crippen LogP contribution in [0, 0.1) is 5.92 Å². The van der Waals surface area contributed by atoms with Crippen LogP contribution in [0.15, 0.2) is 36.8 Å². The van der Waals surface area contributed by atoms with E-state index < -0.39 is 5.92 Å². The van der Waals surface area contributed by atoms with Gasteiger partial charge in [0.1, 0.15) is 30.1 Å². The van der Waals surface area contributed by atoms with Crippen molar-refractivity contribution in [3.63, 3.8) is 0 Å². The number of ether oxygens (including phenoxy) is 2. The average Bonchev–Trinajstić information content (AvgIpc) is 3.27. The molecule has 1 aromatic carbocycles. The molecule has 9 heteroatoms. The van der Waals surface area contributed by atoms with Crippen molar-refractivity contribution < 1.29 is 18.3 Å². The normalized spacial score (nSPS) is 26.2. The van der Waals surface area contributed by atoms with Gasteiger partial charge in [0.2, 0.25) is 0 Å². The zero-order valence-corrected chi connectivity index (χ0v) is 21.1. The van der Waals surface area contributed by atoms with E-state index in [1.54, 1.807) is 0 Å². The molecule has 0 amide bonds. The van der Waals surface area contributed by atoms with Crippen LogP contribution in [0.3, 0.4) is 0 Å². The van der Waals surface area contributed by atoms with Crippen LogP contribution in [0.1, 0.15) is 51.0 Å². The first-order valence-electron chi connectivity index (χ1n) is 13.5. The molecule has 3 aromatic rings. The number of anilines is 1. The Morgan fingerprint density at radius 3 is 2.76 bits per heavy atom. The van der Waals surface area contributed by atoms with Crippen LogP contribution >= 0.6 is 0 Å². The molecule has 1 aliphatic carbocycles. The second kappa shape index (κ2) is 10.2. The molecule has 4 heterocycles. The molecule has 1 saturated carbocycles. The van der Waals surface area contributed by atoms with E-state index in [9.17, 15) is 8.78 Å². The minimum Gasteiger partial charge on any atom is -0.491 e. The van der Waals surface area contributed by atoms with Gasteiger partial charge in [-0.3, -0.25) is 0 Å². The lowest BCUT2D eigenvalue weighted by atomic mass is 9.79. The number of halogens is 2. The fraction of sp³-hybridized carbons (Fsp3) is 0.571. The van der Waals surface area contributed by atoms with Gasteiger partial charge in [-0.2, -0.15) is 0 Å². The highest BCUT2D eigenvalue weighted by atomic mass is 19.3. The molecular formula is C28H35F2N5O2. The zero-order chi connectivity index (χ0) is 25.4. The van der Waals surface area contributed by atoms with E-state index in [0.29, 0.717) is 37.5 Å². The molecule has 2 saturated heterocycles. The summed E-state index contributed by atoms with van der Waals surface area (Å²) in [7, 11) is 0. The summed E-state index contributed by atoms with van der Waals surface area (Å²) in [4.78, 5) is 11.1. The van der Waals surface area contributed by atoms with Gasteiger partial charge in [0.15, 0.2) is 0 Å². The standard InChI is InChI=1S/C28H35F2N5O2/c29-28(30)7-9-34(10-8-28)15-19-12-21(13-19)35-16-24(25-26(31)32-18-33-27(25)35)20-4-3-6-22(14-20)37-17-23-5-1-2-11-36-23/h3-4,6,14,16,18-19,21,23H,1-2,5,7-13,15,17H2,(H2,31,32,33)/t19-,21+,23?. The van der Waals surface area contributed by atoms with Gasteiger partial charge in [-0.15, -0.1) is 0 Å². The van der Waals surface area contributed by atoms with Crippen molar-refractivity contribution in [3.8, 4) is 16.9 Å². The Hall–Kier alpha value is -2.78. The quantitative estimate of drug-likeness (QED) is 0.463. The number of aromatic nitrogens is 3. The van der Waals surface area contributed by atoms with Gasteiger partial charge in [0.25, 0.3) is 5.92 Å². The second-order valence-electron chi connectivity index (χ2n) is 10.9. The van der Waals surface area contributed by atoms with Crippen molar-refractivity contribution in [2.75, 3.05) is 38.6 Å². The molecular weight excluding hydrogens is 476 g/mol. The Morgan fingerprint density at radius 2 is 1.97 bits per heavy atom. The molecule has 2 aromatic heterocycles. The van der Waals surface area contributed by atoms with E-state index in [2.05, 4.69) is 31.7 Å². The Kier molecular flexibility index (Phi) is 6.75. The maximum absolute atomic E-state index is 13.5. The Morgan fingerprint density at radius 1 is 1.14 bits per heavy atom. The maximum Gasteiger partial charge on any atom is 0.250 e. The summed E-state index contributed by atoms with van der Waals surface area (Å²) >= 11 is 0. The van der Waals surface area contributed by atoms with Crippen molar-refractivity contribution >= 4 is 16.9 Å². The van der Waals surface area contributed by atoms with Gasteiger partial charge < -0.3 is 24.7 Å². The number of rotatable bonds is 7. The summed E-state index contributed by atoms with van der Waals surface area (Å²) < 4.78 is 41.1. The van der Waals surface area contributed by atoms with Crippen LogP contribution in [0.5, 0.6) is 5.75 Å². The van der Waals surface area contributed by atoms with Crippen LogP contribution < -0.4 is 10.5 Å². The fourth-order valence-corrected chi connectivity index (χ4v) is 5.99. The average molecular weight is 512 g/mol. The van der Waals surface area contributed by atoms with Gasteiger partial charge in [0, 0.05) is 56.9 Å². The SMILES string of the molecule is Nc1ncnc2c1c(-c1cccc(OCC3CCCCO3)c1)cn2[C@H]1C[C@@H](CN2CCC(F)(F)CC2)C1. The van der Waals surface area contributed by atoms with E-state index >= 15 is 0 Å². The van der Waals surface area contributed by atoms with Crippen LogP contribution in [-0.2, 0) is 4.74 Å². The minimum absolute atomic E-state index is 0.0264. The van der Waals surface area contributed by atoms with Crippen LogP contribution in [0.4, 0.5) is 14.6 Å². The zero-order valence-electron chi connectivity index (χ0n) is 21.1. The molecule has 7 nitrogen and oxygen atoms in total. The summed E-state index contributed by atoms with van der Waals surface area (Å²) in [5.41, 5.74) is 9.20. The first-order chi connectivity index (χ1) is 17.9. The smallest absolute Gasteiger partial charge is 0.250 e. The Balaban J connectivity index is 1.17. The van der Waals surface area contributed by atoms with Gasteiger partial charge in [-0.25, -0.2) is 18.7 Å². The summed E-state index contributed by atoms with van der Waals surface area (Å²) in [6, 6.07) is 8.38. The molecule has 37 heavy (non-hydrogen) atoms. The lowest BCUT2D eigenvalue weighted by Gasteiger charge is -2.41. The van der Waals surface area contributed by atoms with Crippen LogP contribution in [-0.4, -0.2) is 64.3 Å². The highest BCUT2D eigenvalue weighted by molar-refractivity contribution is 6.00. The number of hydrogen-bond donors (Lipinski definition) is 1. The lowest BCUT2D eigenvalue weighted by Crippen LogP contribution is -2.44. The maximum atomic E-state index is 13.5. The fourth-order valence-electron chi connectivity index (χ4n) is 5.99. The molecule has 0 bridgehead atoms. The van der Waals surface area contributed by atoms with Gasteiger partial charge in [-0.1, -0.05) is 12.1 Å². The Labute approximate surface area is 216 Å². The summed E-state index contributed by atoms with van der Waals surface area (Å²) in [6.07, 6.45) is 9.11. The van der Waals surface area contributed by atoms with Crippen molar-refractivity contribution in [3.05, 3.63) is 36.8 Å². The van der Waals surface area contributed by atoms with Crippen molar-refractivity contribution in [2.45, 2.75) is 63.0 Å². The number of likely N-dealkylation sites (tertiary alicyclic amines) is 1. The van der Waals surface area contributed by atoms with Crippen molar-refractivity contribution in [1.82, 2.24) is 19.4 Å². The topological polar surface area (TPSA) is 78.4 Å². The van der Waals surface area contributed by atoms with Gasteiger partial charge in [0.05, 0.1) is 11.5 Å². The minimum atomic E-state index is -2.50. The van der Waals surface area contributed by atoms with Crippen molar-refractivity contribution in [1.29, 1.82) is 0 Å². The number of nitrogens with two attached hydrogens (primary N) is 1. The summed E-state index contributed by atoms with van der Waals surface area (Å²) in [5, 5.41) is 0.858. The van der Waals surface area contributed by atoms with Crippen LogP contribution in [0.2, 0.25) is 0 Å². The van der Waals surface area contributed by atoms with Crippen molar-refractivity contribution in [2.24, 2.45) is 5.92 Å². The third kappa shape index (κ3) is 5.29. The molecule has 1 unspecified atom stereocenters. The van der Waals surface area contributed by atoms with Gasteiger partial charge >= 0.3 is 0 Å². The monoisotopic (exact) mass is 511 g/mol. The predicted molar refractivity (Wildman–Crippen MR) is 139 cm³/mol. The number of nitrogen functional groups attached to an aromatic ring is 1. The molecule has 198 valence electrons. The third-order valence-corrected chi connectivity index (χ3v) is 8.20.